The number of carbonyl (C=O) groups excluding carboxylic acids is 1. The van der Waals surface area contributed by atoms with Gasteiger partial charge in [-0.15, -0.1) is 0 Å². The molecule has 0 aliphatic rings. The lowest BCUT2D eigenvalue weighted by atomic mass is 10.1. The Morgan fingerprint density at radius 1 is 1.17 bits per heavy atom. The summed E-state index contributed by atoms with van der Waals surface area (Å²) < 4.78 is 51.0. The van der Waals surface area contributed by atoms with E-state index < -0.39 is 33.0 Å². The van der Waals surface area contributed by atoms with Crippen LogP contribution in [0.2, 0.25) is 0 Å². The number of amides is 1. The first-order chi connectivity index (χ1) is 13.6. The maximum absolute atomic E-state index is 13.7. The zero-order valence-corrected chi connectivity index (χ0v) is 17.3. The van der Waals surface area contributed by atoms with Gasteiger partial charge in [0.05, 0.1) is 24.2 Å². The molecule has 0 aliphatic heterocycles. The second-order valence-corrected chi connectivity index (χ2v) is 8.48. The van der Waals surface area contributed by atoms with Gasteiger partial charge in [0.15, 0.2) is 0 Å². The van der Waals surface area contributed by atoms with Crippen LogP contribution in [0, 0.1) is 5.82 Å². The molecule has 0 saturated carbocycles. The van der Waals surface area contributed by atoms with Crippen LogP contribution in [0.5, 0.6) is 5.88 Å². The second-order valence-electron chi connectivity index (χ2n) is 6.76. The number of ether oxygens (including phenoxy) is 2. The number of methoxy groups -OCH3 is 1. The highest BCUT2D eigenvalue weighted by Gasteiger charge is 2.33. The fourth-order valence-electron chi connectivity index (χ4n) is 2.35. The smallest absolute Gasteiger partial charge is 0.245 e. The molecule has 29 heavy (non-hydrogen) atoms. The molecule has 2 rings (SSSR count). The third-order valence-corrected chi connectivity index (χ3v) is 5.33. The van der Waals surface area contributed by atoms with Crippen molar-refractivity contribution in [2.45, 2.75) is 25.1 Å². The van der Waals surface area contributed by atoms with Gasteiger partial charge in [0.1, 0.15) is 18.0 Å². The fourth-order valence-corrected chi connectivity index (χ4v) is 3.93. The Balaban J connectivity index is 1.99. The van der Waals surface area contributed by atoms with Gasteiger partial charge in [0.25, 0.3) is 0 Å². The zero-order valence-electron chi connectivity index (χ0n) is 16.4. The predicted molar refractivity (Wildman–Crippen MR) is 106 cm³/mol. The summed E-state index contributed by atoms with van der Waals surface area (Å²) in [6, 6.07) is 8.72. The number of pyridine rings is 1. The van der Waals surface area contributed by atoms with Crippen LogP contribution in [0.15, 0.2) is 42.6 Å². The number of hydrogen-bond acceptors (Lipinski definition) is 6. The molecule has 0 bridgehead atoms. The molecule has 0 unspecified atom stereocenters. The van der Waals surface area contributed by atoms with Crippen LogP contribution in [0.4, 0.5) is 10.1 Å². The minimum Gasteiger partial charge on any atom is -0.475 e. The number of rotatable bonds is 10. The number of halogens is 1. The van der Waals surface area contributed by atoms with Crippen LogP contribution >= 0.6 is 0 Å². The number of sulfonamides is 1. The summed E-state index contributed by atoms with van der Waals surface area (Å²) in [6.45, 7) is 3.58. The lowest BCUT2D eigenvalue weighted by molar-refractivity contribution is -0.120. The Morgan fingerprint density at radius 2 is 1.90 bits per heavy atom. The van der Waals surface area contributed by atoms with E-state index >= 15 is 0 Å². The van der Waals surface area contributed by atoms with Crippen molar-refractivity contribution in [1.29, 1.82) is 0 Å². The maximum Gasteiger partial charge on any atom is 0.245 e. The largest absolute Gasteiger partial charge is 0.475 e. The van der Waals surface area contributed by atoms with Gasteiger partial charge in [-0.2, -0.15) is 4.72 Å². The van der Waals surface area contributed by atoms with Crippen molar-refractivity contribution in [3.63, 3.8) is 0 Å². The monoisotopic (exact) mass is 425 g/mol. The molecule has 158 valence electrons. The van der Waals surface area contributed by atoms with Gasteiger partial charge in [-0.05, 0) is 26.0 Å². The third-order valence-electron chi connectivity index (χ3n) is 3.81. The highest BCUT2D eigenvalue weighted by atomic mass is 32.2. The maximum atomic E-state index is 13.7. The van der Waals surface area contributed by atoms with Gasteiger partial charge in [0, 0.05) is 18.7 Å². The molecule has 2 aromatic rings. The van der Waals surface area contributed by atoms with Gasteiger partial charge in [-0.1, -0.05) is 18.2 Å². The minimum absolute atomic E-state index is 0.0180. The Labute approximate surface area is 169 Å². The molecule has 0 fully saturated rings. The van der Waals surface area contributed by atoms with E-state index in [1.54, 1.807) is 25.3 Å². The molecule has 10 heteroatoms. The average Bonchev–Trinajstić information content (AvgIpc) is 2.64. The Bertz CT molecular complexity index is 933. The number of nitrogens with one attached hydrogen (secondary N) is 2. The molecular weight excluding hydrogens is 401 g/mol. The van der Waals surface area contributed by atoms with Crippen LogP contribution in [0.3, 0.4) is 0 Å². The molecule has 2 N–H and O–H groups in total. The third kappa shape index (κ3) is 7.08. The van der Waals surface area contributed by atoms with E-state index in [0.29, 0.717) is 24.8 Å². The number of benzene rings is 1. The van der Waals surface area contributed by atoms with Crippen LogP contribution < -0.4 is 14.8 Å². The topological polar surface area (TPSA) is 107 Å². The number of anilines is 1. The number of aromatic nitrogens is 1. The van der Waals surface area contributed by atoms with Gasteiger partial charge < -0.3 is 14.8 Å². The number of carbonyl (C=O) groups is 1. The lowest BCUT2D eigenvalue weighted by Crippen LogP contribution is -2.52. The SMILES string of the molecule is COCCOc1ccc(NC(=O)C(C)(C)NS(=O)(=O)Cc2ccccc2F)cn1. The number of hydrogen-bond donors (Lipinski definition) is 2. The average molecular weight is 425 g/mol. The van der Waals surface area contributed by atoms with E-state index in [0.717, 1.165) is 0 Å². The molecule has 0 radical (unpaired) electrons. The first-order valence-corrected chi connectivity index (χ1v) is 10.4. The molecule has 1 amide bonds. The summed E-state index contributed by atoms with van der Waals surface area (Å²) in [5.41, 5.74) is -1.09. The molecular formula is C19H24FN3O5S. The van der Waals surface area contributed by atoms with Gasteiger partial charge in [-0.3, -0.25) is 4.79 Å². The first-order valence-electron chi connectivity index (χ1n) is 8.77. The summed E-state index contributed by atoms with van der Waals surface area (Å²) in [6.07, 6.45) is 1.39. The van der Waals surface area contributed by atoms with E-state index in [4.69, 9.17) is 9.47 Å². The Morgan fingerprint density at radius 3 is 2.52 bits per heavy atom. The summed E-state index contributed by atoms with van der Waals surface area (Å²) in [5.74, 6) is -1.43. The van der Waals surface area contributed by atoms with Crippen molar-refractivity contribution in [2.24, 2.45) is 0 Å². The lowest BCUT2D eigenvalue weighted by Gasteiger charge is -2.25. The van der Waals surface area contributed by atoms with E-state index in [-0.39, 0.29) is 5.56 Å². The quantitative estimate of drug-likeness (QED) is 0.565. The van der Waals surface area contributed by atoms with E-state index in [9.17, 15) is 17.6 Å². The zero-order chi connectivity index (χ0) is 21.5. The molecule has 1 heterocycles. The van der Waals surface area contributed by atoms with Gasteiger partial charge in [0.2, 0.25) is 21.8 Å². The Kier molecular flexibility index (Phi) is 7.66. The first kappa shape index (κ1) is 22.7. The van der Waals surface area contributed by atoms with Crippen LogP contribution in [0.25, 0.3) is 0 Å². The molecule has 1 aromatic heterocycles. The normalized spacial score (nSPS) is 11.9. The summed E-state index contributed by atoms with van der Waals surface area (Å²) >= 11 is 0. The molecule has 0 atom stereocenters. The summed E-state index contributed by atoms with van der Waals surface area (Å²) in [5, 5.41) is 2.59. The fraction of sp³-hybridized carbons (Fsp3) is 0.368. The van der Waals surface area contributed by atoms with Crippen molar-refractivity contribution in [1.82, 2.24) is 9.71 Å². The van der Waals surface area contributed by atoms with Gasteiger partial charge >= 0.3 is 0 Å². The minimum atomic E-state index is -3.97. The summed E-state index contributed by atoms with van der Waals surface area (Å²) in [4.78, 5) is 16.6. The van der Waals surface area contributed by atoms with E-state index in [2.05, 4.69) is 15.0 Å². The summed E-state index contributed by atoms with van der Waals surface area (Å²) in [7, 11) is -2.41. The van der Waals surface area contributed by atoms with Crippen molar-refractivity contribution in [2.75, 3.05) is 25.6 Å². The molecule has 0 aliphatic carbocycles. The molecule has 0 spiro atoms. The predicted octanol–water partition coefficient (Wildman–Crippen LogP) is 2.08. The van der Waals surface area contributed by atoms with Crippen molar-refractivity contribution < 1.29 is 27.1 Å². The van der Waals surface area contributed by atoms with Crippen LogP contribution in [0.1, 0.15) is 19.4 Å². The number of nitrogens with zero attached hydrogens (tertiary/aromatic N) is 1. The van der Waals surface area contributed by atoms with Crippen LogP contribution in [-0.4, -0.2) is 45.2 Å². The Hall–Kier alpha value is -2.56. The van der Waals surface area contributed by atoms with Crippen molar-refractivity contribution in [3.8, 4) is 5.88 Å². The van der Waals surface area contributed by atoms with E-state index in [1.165, 1.54) is 38.2 Å². The van der Waals surface area contributed by atoms with Gasteiger partial charge in [-0.25, -0.2) is 17.8 Å². The molecule has 0 saturated heterocycles. The molecule has 8 nitrogen and oxygen atoms in total. The van der Waals surface area contributed by atoms with E-state index in [1.807, 2.05) is 0 Å². The molecule has 1 aromatic carbocycles. The van der Waals surface area contributed by atoms with Crippen molar-refractivity contribution >= 4 is 21.6 Å². The standard InChI is InChI=1S/C19H24FN3O5S/c1-19(2,23-29(25,26)13-14-6-4-5-7-16(14)20)18(24)22-15-8-9-17(21-12-15)28-11-10-27-3/h4-9,12,23H,10-11,13H2,1-3H3,(H,22,24). The van der Waals surface area contributed by atoms with Crippen molar-refractivity contribution in [3.05, 3.63) is 54.0 Å². The second kappa shape index (κ2) is 9.77. The highest BCUT2D eigenvalue weighted by molar-refractivity contribution is 7.88. The highest BCUT2D eigenvalue weighted by Crippen LogP contribution is 2.16. The van der Waals surface area contributed by atoms with Crippen LogP contribution in [-0.2, 0) is 25.3 Å².